The van der Waals surface area contributed by atoms with Crippen molar-refractivity contribution in [1.29, 1.82) is 0 Å². The van der Waals surface area contributed by atoms with Crippen LogP contribution < -0.4 is 15.4 Å². The van der Waals surface area contributed by atoms with Gasteiger partial charge in [0.2, 0.25) is 5.91 Å². The van der Waals surface area contributed by atoms with Crippen molar-refractivity contribution in [1.82, 2.24) is 4.90 Å². The number of nitrogens with zero attached hydrogens (tertiary/aromatic N) is 3. The Morgan fingerprint density at radius 1 is 1.14 bits per heavy atom. The molecule has 0 radical (unpaired) electrons. The molecule has 2 aromatic carbocycles. The van der Waals surface area contributed by atoms with Crippen LogP contribution in [0.2, 0.25) is 0 Å². The second-order valence-corrected chi connectivity index (χ2v) is 7.34. The van der Waals surface area contributed by atoms with E-state index in [-0.39, 0.29) is 17.7 Å². The van der Waals surface area contributed by atoms with E-state index in [1.807, 2.05) is 48.5 Å². The molecule has 2 N–H and O–H groups in total. The first-order valence-corrected chi connectivity index (χ1v) is 9.72. The van der Waals surface area contributed by atoms with E-state index in [2.05, 4.69) is 9.89 Å². The van der Waals surface area contributed by atoms with Gasteiger partial charge in [0.25, 0.3) is 5.91 Å². The zero-order valence-electron chi connectivity index (χ0n) is 16.4. The van der Waals surface area contributed by atoms with Crippen LogP contribution in [0.4, 0.5) is 11.4 Å². The SMILES string of the molecule is COc1ccc(N=C2C(=O)N(CN3CCC(C(N)=O)CC3)c3ccccc32)cc1. The quantitative estimate of drug-likeness (QED) is 0.846. The van der Waals surface area contributed by atoms with Crippen molar-refractivity contribution in [2.24, 2.45) is 16.6 Å². The summed E-state index contributed by atoms with van der Waals surface area (Å²) in [6, 6.07) is 15.0. The molecule has 150 valence electrons. The summed E-state index contributed by atoms with van der Waals surface area (Å²) in [4.78, 5) is 33.2. The third-order valence-corrected chi connectivity index (χ3v) is 5.54. The molecule has 1 saturated heterocycles. The monoisotopic (exact) mass is 392 g/mol. The number of piperidine rings is 1. The number of carbonyl (C=O) groups excluding carboxylic acids is 2. The zero-order chi connectivity index (χ0) is 20.4. The lowest BCUT2D eigenvalue weighted by molar-refractivity contribution is -0.123. The molecule has 0 spiro atoms. The maximum absolute atomic E-state index is 13.2. The molecule has 0 unspecified atom stereocenters. The fourth-order valence-corrected chi connectivity index (χ4v) is 3.85. The lowest BCUT2D eigenvalue weighted by Crippen LogP contribution is -2.46. The summed E-state index contributed by atoms with van der Waals surface area (Å²) < 4.78 is 5.18. The molecule has 0 bridgehead atoms. The van der Waals surface area contributed by atoms with Crippen LogP contribution in [0, 0.1) is 5.92 Å². The van der Waals surface area contributed by atoms with Gasteiger partial charge in [0.15, 0.2) is 0 Å². The molecule has 2 amide bonds. The van der Waals surface area contributed by atoms with E-state index in [1.54, 1.807) is 12.0 Å². The number of likely N-dealkylation sites (tertiary alicyclic amines) is 1. The number of aliphatic imine (C=N–C) groups is 1. The molecule has 7 nitrogen and oxygen atoms in total. The van der Waals surface area contributed by atoms with Gasteiger partial charge in [0.05, 0.1) is 25.2 Å². The number of carbonyl (C=O) groups is 2. The van der Waals surface area contributed by atoms with Gasteiger partial charge in [-0.1, -0.05) is 18.2 Å². The lowest BCUT2D eigenvalue weighted by atomic mass is 9.96. The van der Waals surface area contributed by atoms with Crippen molar-refractivity contribution in [2.45, 2.75) is 12.8 Å². The Hall–Kier alpha value is -3.19. The Labute approximate surface area is 169 Å². The molecule has 2 aliphatic heterocycles. The number of anilines is 1. The Kier molecular flexibility index (Phi) is 5.31. The average Bonchev–Trinajstić information content (AvgIpc) is 3.00. The molecule has 2 aliphatic rings. The molecule has 2 aromatic rings. The molecule has 29 heavy (non-hydrogen) atoms. The van der Waals surface area contributed by atoms with Gasteiger partial charge in [-0.25, -0.2) is 4.99 Å². The van der Waals surface area contributed by atoms with E-state index < -0.39 is 0 Å². The minimum Gasteiger partial charge on any atom is -0.497 e. The van der Waals surface area contributed by atoms with Gasteiger partial charge in [-0.2, -0.15) is 0 Å². The highest BCUT2D eigenvalue weighted by atomic mass is 16.5. The predicted molar refractivity (Wildman–Crippen MR) is 111 cm³/mol. The topological polar surface area (TPSA) is 88.2 Å². The second-order valence-electron chi connectivity index (χ2n) is 7.34. The molecule has 4 rings (SSSR count). The number of nitrogens with two attached hydrogens (primary N) is 1. The van der Waals surface area contributed by atoms with E-state index in [4.69, 9.17) is 10.5 Å². The first-order chi connectivity index (χ1) is 14.1. The normalized spacial score (nSPS) is 18.9. The number of ether oxygens (including phenoxy) is 1. The minimum absolute atomic E-state index is 0.0694. The summed E-state index contributed by atoms with van der Waals surface area (Å²) in [6.45, 7) is 1.96. The van der Waals surface area contributed by atoms with Crippen molar-refractivity contribution in [3.8, 4) is 5.75 Å². The van der Waals surface area contributed by atoms with Crippen LogP contribution in [0.5, 0.6) is 5.75 Å². The predicted octanol–water partition coefficient (Wildman–Crippen LogP) is 2.32. The molecular formula is C22H24N4O3. The van der Waals surface area contributed by atoms with E-state index in [1.165, 1.54) is 0 Å². The van der Waals surface area contributed by atoms with E-state index in [9.17, 15) is 9.59 Å². The van der Waals surface area contributed by atoms with Gasteiger partial charge >= 0.3 is 0 Å². The van der Waals surface area contributed by atoms with Gasteiger partial charge in [0, 0.05) is 24.6 Å². The van der Waals surface area contributed by atoms with Gasteiger partial charge in [-0.15, -0.1) is 0 Å². The number of para-hydroxylation sites is 1. The maximum atomic E-state index is 13.2. The number of hydrogen-bond donors (Lipinski definition) is 1. The number of benzene rings is 2. The van der Waals surface area contributed by atoms with E-state index >= 15 is 0 Å². The number of methoxy groups -OCH3 is 1. The van der Waals surface area contributed by atoms with Crippen molar-refractivity contribution < 1.29 is 14.3 Å². The molecule has 1 fully saturated rings. The summed E-state index contributed by atoms with van der Waals surface area (Å²) in [7, 11) is 1.61. The highest BCUT2D eigenvalue weighted by Crippen LogP contribution is 2.32. The Bertz CT molecular complexity index is 947. The summed E-state index contributed by atoms with van der Waals surface area (Å²) in [5.41, 5.74) is 8.27. The van der Waals surface area contributed by atoms with Crippen LogP contribution in [-0.4, -0.2) is 49.3 Å². The van der Waals surface area contributed by atoms with Gasteiger partial charge < -0.3 is 10.5 Å². The first kappa shape index (κ1) is 19.1. The minimum atomic E-state index is -0.235. The number of primary amides is 1. The van der Waals surface area contributed by atoms with E-state index in [0.717, 1.165) is 42.9 Å². The van der Waals surface area contributed by atoms with Crippen molar-refractivity contribution in [3.05, 3.63) is 54.1 Å². The van der Waals surface area contributed by atoms with Gasteiger partial charge in [-0.3, -0.25) is 19.4 Å². The van der Waals surface area contributed by atoms with Crippen LogP contribution in [-0.2, 0) is 9.59 Å². The van der Waals surface area contributed by atoms with Crippen LogP contribution in [0.15, 0.2) is 53.5 Å². The fourth-order valence-electron chi connectivity index (χ4n) is 3.85. The number of hydrogen-bond acceptors (Lipinski definition) is 5. The van der Waals surface area contributed by atoms with Crippen molar-refractivity contribution in [2.75, 3.05) is 31.8 Å². The fraction of sp³-hybridized carbons (Fsp3) is 0.318. The van der Waals surface area contributed by atoms with Crippen LogP contribution in [0.1, 0.15) is 18.4 Å². The molecule has 2 heterocycles. The first-order valence-electron chi connectivity index (χ1n) is 9.72. The second kappa shape index (κ2) is 8.05. The Morgan fingerprint density at radius 3 is 2.48 bits per heavy atom. The zero-order valence-corrected chi connectivity index (χ0v) is 16.4. The molecule has 0 atom stereocenters. The average molecular weight is 392 g/mol. The summed E-state index contributed by atoms with van der Waals surface area (Å²) in [5.74, 6) is 0.327. The van der Waals surface area contributed by atoms with Gasteiger partial charge in [-0.05, 0) is 43.2 Å². The summed E-state index contributed by atoms with van der Waals surface area (Å²) in [6.07, 6.45) is 1.46. The van der Waals surface area contributed by atoms with Crippen molar-refractivity contribution in [3.63, 3.8) is 0 Å². The molecule has 0 saturated carbocycles. The number of rotatable bonds is 5. The third-order valence-electron chi connectivity index (χ3n) is 5.54. The van der Waals surface area contributed by atoms with Crippen LogP contribution >= 0.6 is 0 Å². The molecule has 7 heteroatoms. The smallest absolute Gasteiger partial charge is 0.278 e. The maximum Gasteiger partial charge on any atom is 0.278 e. The van der Waals surface area contributed by atoms with Crippen LogP contribution in [0.3, 0.4) is 0 Å². The Balaban J connectivity index is 1.56. The van der Waals surface area contributed by atoms with Gasteiger partial charge in [0.1, 0.15) is 11.5 Å². The number of fused-ring (bicyclic) bond motifs is 1. The largest absolute Gasteiger partial charge is 0.497 e. The summed E-state index contributed by atoms with van der Waals surface area (Å²) >= 11 is 0. The molecule has 0 aliphatic carbocycles. The molecular weight excluding hydrogens is 368 g/mol. The standard InChI is InChI=1S/C22H24N4O3/c1-29-17-8-6-16(7-9-17)24-20-18-4-2-3-5-19(18)26(22(20)28)14-25-12-10-15(11-13-25)21(23)27/h2-9,15H,10-14H2,1H3,(H2,23,27). The highest BCUT2D eigenvalue weighted by molar-refractivity contribution is 6.54. The van der Waals surface area contributed by atoms with Crippen molar-refractivity contribution >= 4 is 28.9 Å². The third kappa shape index (κ3) is 3.86. The highest BCUT2D eigenvalue weighted by Gasteiger charge is 2.35. The van der Waals surface area contributed by atoms with Crippen LogP contribution in [0.25, 0.3) is 0 Å². The van der Waals surface area contributed by atoms with E-state index in [0.29, 0.717) is 18.1 Å². The molecule has 0 aromatic heterocycles. The number of amides is 2. The lowest BCUT2D eigenvalue weighted by Gasteiger charge is -2.33. The summed E-state index contributed by atoms with van der Waals surface area (Å²) in [5, 5.41) is 0. The Morgan fingerprint density at radius 2 is 1.83 bits per heavy atom.